The fraction of sp³-hybridized carbons (Fsp3) is 0.857. The van der Waals surface area contributed by atoms with E-state index in [1.165, 1.54) is 6.42 Å². The summed E-state index contributed by atoms with van der Waals surface area (Å²) in [6, 6.07) is -1.09. The normalized spacial score (nSPS) is 22.9. The highest BCUT2D eigenvalue weighted by Crippen LogP contribution is 2.46. The van der Waals surface area contributed by atoms with Crippen LogP contribution < -0.4 is 10.6 Å². The minimum absolute atomic E-state index is 0.0717. The van der Waals surface area contributed by atoms with Crippen molar-refractivity contribution >= 4 is 23.8 Å². The Kier molecular flexibility index (Phi) is 5.18. The molecule has 0 spiro atoms. The van der Waals surface area contributed by atoms with Crippen molar-refractivity contribution in [3.05, 3.63) is 0 Å². The summed E-state index contributed by atoms with van der Waals surface area (Å²) in [7, 11) is 0. The minimum atomic E-state index is -0.918. The first-order valence-electron chi connectivity index (χ1n) is 7.39. The SMILES string of the molecule is CSC1(CNC(=O)NC(C(=O)O)C2CCCCC2)CC1. The highest BCUT2D eigenvalue weighted by atomic mass is 32.2. The predicted molar refractivity (Wildman–Crippen MR) is 80.0 cm³/mol. The minimum Gasteiger partial charge on any atom is -0.480 e. The zero-order valence-corrected chi connectivity index (χ0v) is 12.8. The zero-order valence-electron chi connectivity index (χ0n) is 12.0. The lowest BCUT2D eigenvalue weighted by molar-refractivity contribution is -0.141. The van der Waals surface area contributed by atoms with Crippen LogP contribution in [0.1, 0.15) is 44.9 Å². The molecule has 2 rings (SSSR count). The smallest absolute Gasteiger partial charge is 0.326 e. The number of hydrogen-bond acceptors (Lipinski definition) is 3. The van der Waals surface area contributed by atoms with Gasteiger partial charge in [0.2, 0.25) is 0 Å². The van der Waals surface area contributed by atoms with Gasteiger partial charge < -0.3 is 15.7 Å². The van der Waals surface area contributed by atoms with Gasteiger partial charge in [0, 0.05) is 11.3 Å². The quantitative estimate of drug-likeness (QED) is 0.703. The van der Waals surface area contributed by atoms with Gasteiger partial charge in [-0.05, 0) is 37.9 Å². The van der Waals surface area contributed by atoms with E-state index < -0.39 is 12.0 Å². The largest absolute Gasteiger partial charge is 0.480 e. The molecule has 114 valence electrons. The fourth-order valence-electron chi connectivity index (χ4n) is 2.87. The van der Waals surface area contributed by atoms with Gasteiger partial charge in [0.05, 0.1) is 0 Å². The summed E-state index contributed by atoms with van der Waals surface area (Å²) < 4.78 is 0.195. The van der Waals surface area contributed by atoms with Crippen molar-refractivity contribution in [3.63, 3.8) is 0 Å². The number of aliphatic carboxylic acids is 1. The topological polar surface area (TPSA) is 78.4 Å². The van der Waals surface area contributed by atoms with Crippen molar-refractivity contribution < 1.29 is 14.7 Å². The second-order valence-electron chi connectivity index (χ2n) is 5.93. The predicted octanol–water partition coefficient (Wildman–Crippen LogP) is 2.21. The first-order valence-corrected chi connectivity index (χ1v) is 8.61. The van der Waals surface area contributed by atoms with E-state index in [2.05, 4.69) is 16.9 Å². The fourth-order valence-corrected chi connectivity index (χ4v) is 3.60. The molecule has 2 aliphatic rings. The van der Waals surface area contributed by atoms with E-state index in [0.29, 0.717) is 6.54 Å². The van der Waals surface area contributed by atoms with E-state index in [1.807, 2.05) is 0 Å². The van der Waals surface area contributed by atoms with Gasteiger partial charge in [-0.2, -0.15) is 11.8 Å². The lowest BCUT2D eigenvalue weighted by atomic mass is 9.84. The molecular formula is C14H24N2O3S. The molecule has 0 heterocycles. The third-order valence-electron chi connectivity index (χ3n) is 4.49. The number of carbonyl (C=O) groups is 2. The molecule has 1 atom stereocenters. The number of amides is 2. The molecule has 3 N–H and O–H groups in total. The summed E-state index contributed by atoms with van der Waals surface area (Å²) in [5, 5.41) is 14.8. The summed E-state index contributed by atoms with van der Waals surface area (Å²) in [4.78, 5) is 23.3. The van der Waals surface area contributed by atoms with Crippen molar-refractivity contribution in [2.45, 2.75) is 55.7 Å². The van der Waals surface area contributed by atoms with Crippen molar-refractivity contribution in [2.75, 3.05) is 12.8 Å². The van der Waals surface area contributed by atoms with Crippen LogP contribution >= 0.6 is 11.8 Å². The molecule has 0 aliphatic heterocycles. The first-order chi connectivity index (χ1) is 9.56. The standard InChI is InChI=1S/C14H24N2O3S/c1-20-14(7-8-14)9-15-13(19)16-11(12(17)18)10-5-3-2-4-6-10/h10-11H,2-9H2,1H3,(H,17,18)(H2,15,16,19). The van der Waals surface area contributed by atoms with Gasteiger partial charge in [0.15, 0.2) is 0 Å². The molecule has 2 fully saturated rings. The van der Waals surface area contributed by atoms with Gasteiger partial charge in [-0.15, -0.1) is 0 Å². The van der Waals surface area contributed by atoms with Crippen LogP contribution in [0.25, 0.3) is 0 Å². The van der Waals surface area contributed by atoms with Gasteiger partial charge in [0.25, 0.3) is 0 Å². The van der Waals surface area contributed by atoms with Gasteiger partial charge >= 0.3 is 12.0 Å². The van der Waals surface area contributed by atoms with E-state index in [-0.39, 0.29) is 16.7 Å². The molecule has 1 unspecified atom stereocenters. The molecule has 0 radical (unpaired) electrons. The molecule has 20 heavy (non-hydrogen) atoms. The Balaban J connectivity index is 1.81. The number of carboxylic acids is 1. The maximum Gasteiger partial charge on any atom is 0.326 e. The maximum absolute atomic E-state index is 11.9. The molecule has 2 aliphatic carbocycles. The molecule has 6 heteroatoms. The molecule has 0 aromatic rings. The molecule has 0 aromatic carbocycles. The van der Waals surface area contributed by atoms with Crippen LogP contribution in [0.3, 0.4) is 0 Å². The van der Waals surface area contributed by atoms with Crippen molar-refractivity contribution in [1.29, 1.82) is 0 Å². The number of carboxylic acid groups (broad SMARTS) is 1. The van der Waals surface area contributed by atoms with E-state index in [9.17, 15) is 14.7 Å². The average molecular weight is 300 g/mol. The lowest BCUT2D eigenvalue weighted by Gasteiger charge is -2.28. The van der Waals surface area contributed by atoms with Crippen molar-refractivity contribution in [1.82, 2.24) is 10.6 Å². The first kappa shape index (κ1) is 15.5. The Morgan fingerprint density at radius 3 is 2.45 bits per heavy atom. The Morgan fingerprint density at radius 2 is 1.95 bits per heavy atom. The van der Waals surface area contributed by atoms with Crippen molar-refractivity contribution in [3.8, 4) is 0 Å². The van der Waals surface area contributed by atoms with Gasteiger partial charge in [-0.25, -0.2) is 9.59 Å². The van der Waals surface area contributed by atoms with E-state index in [4.69, 9.17) is 0 Å². The molecule has 0 bridgehead atoms. The Morgan fingerprint density at radius 1 is 1.30 bits per heavy atom. The van der Waals surface area contributed by atoms with Crippen LogP contribution in [0.4, 0.5) is 4.79 Å². The Hall–Kier alpha value is -0.910. The molecule has 2 saturated carbocycles. The third-order valence-corrected chi connectivity index (χ3v) is 5.90. The second kappa shape index (κ2) is 6.70. The highest BCUT2D eigenvalue weighted by Gasteiger charge is 2.42. The molecule has 0 saturated heterocycles. The Bertz CT molecular complexity index is 365. The van der Waals surface area contributed by atoms with Gasteiger partial charge in [-0.3, -0.25) is 0 Å². The van der Waals surface area contributed by atoms with E-state index >= 15 is 0 Å². The molecular weight excluding hydrogens is 276 g/mol. The number of rotatable bonds is 6. The molecule has 2 amide bonds. The highest BCUT2D eigenvalue weighted by molar-refractivity contribution is 8.00. The van der Waals surface area contributed by atoms with E-state index in [0.717, 1.165) is 38.5 Å². The van der Waals surface area contributed by atoms with Crippen LogP contribution in [0.15, 0.2) is 0 Å². The van der Waals surface area contributed by atoms with Crippen LogP contribution in [0.2, 0.25) is 0 Å². The second-order valence-corrected chi connectivity index (χ2v) is 7.20. The van der Waals surface area contributed by atoms with Crippen LogP contribution in [0, 0.1) is 5.92 Å². The zero-order chi connectivity index (χ0) is 14.6. The van der Waals surface area contributed by atoms with Crippen LogP contribution in [0.5, 0.6) is 0 Å². The summed E-state index contributed by atoms with van der Waals surface area (Å²) in [5.41, 5.74) is 0. The van der Waals surface area contributed by atoms with Gasteiger partial charge in [-0.1, -0.05) is 19.3 Å². The lowest BCUT2D eigenvalue weighted by Crippen LogP contribution is -2.51. The monoisotopic (exact) mass is 300 g/mol. The number of thioether (sulfide) groups is 1. The summed E-state index contributed by atoms with van der Waals surface area (Å²) in [5.74, 6) is -0.847. The third kappa shape index (κ3) is 4.04. The number of urea groups is 1. The summed E-state index contributed by atoms with van der Waals surface area (Å²) in [6.45, 7) is 0.622. The van der Waals surface area contributed by atoms with Crippen LogP contribution in [-0.4, -0.2) is 40.7 Å². The summed E-state index contributed by atoms with van der Waals surface area (Å²) in [6.07, 6.45) is 9.39. The molecule has 5 nitrogen and oxygen atoms in total. The number of nitrogens with one attached hydrogen (secondary N) is 2. The number of carbonyl (C=O) groups excluding carboxylic acids is 1. The average Bonchev–Trinajstić information content (AvgIpc) is 3.24. The number of hydrogen-bond donors (Lipinski definition) is 3. The maximum atomic E-state index is 11.9. The molecule has 0 aromatic heterocycles. The Labute approximate surface area is 124 Å². The van der Waals surface area contributed by atoms with E-state index in [1.54, 1.807) is 11.8 Å². The van der Waals surface area contributed by atoms with Gasteiger partial charge in [0.1, 0.15) is 6.04 Å². The van der Waals surface area contributed by atoms with Crippen molar-refractivity contribution in [2.24, 2.45) is 5.92 Å². The summed E-state index contributed by atoms with van der Waals surface area (Å²) >= 11 is 1.77. The van der Waals surface area contributed by atoms with Crippen LogP contribution in [-0.2, 0) is 4.79 Å².